The predicted octanol–water partition coefficient (Wildman–Crippen LogP) is 1.83. The highest BCUT2D eigenvalue weighted by molar-refractivity contribution is 7.99. The van der Waals surface area contributed by atoms with E-state index in [9.17, 15) is 0 Å². The number of nitrogens with zero attached hydrogens (tertiary/aromatic N) is 1. The molecule has 0 aromatic carbocycles. The van der Waals surface area contributed by atoms with Crippen LogP contribution in [-0.4, -0.2) is 41.9 Å². The lowest BCUT2D eigenvalue weighted by Crippen LogP contribution is -2.34. The minimum absolute atomic E-state index is 0.601. The van der Waals surface area contributed by atoms with Crippen LogP contribution in [0.5, 0.6) is 0 Å². The second kappa shape index (κ2) is 5.07. The minimum atomic E-state index is 0.601. The highest BCUT2D eigenvalue weighted by atomic mass is 35.5. The van der Waals surface area contributed by atoms with Crippen LogP contribution in [0.15, 0.2) is 12.2 Å². The molecule has 0 saturated carbocycles. The van der Waals surface area contributed by atoms with Crippen LogP contribution in [0.1, 0.15) is 0 Å². The van der Waals surface area contributed by atoms with E-state index in [-0.39, 0.29) is 0 Å². The maximum absolute atomic E-state index is 5.64. The van der Waals surface area contributed by atoms with Crippen molar-refractivity contribution in [3.8, 4) is 0 Å². The molecule has 11 heavy (non-hydrogen) atoms. The fourth-order valence-corrected chi connectivity index (χ4v) is 2.18. The van der Waals surface area contributed by atoms with E-state index in [0.29, 0.717) is 5.88 Å². The summed E-state index contributed by atoms with van der Waals surface area (Å²) in [6.07, 6.45) is 0. The van der Waals surface area contributed by atoms with Gasteiger partial charge in [0.1, 0.15) is 0 Å². The van der Waals surface area contributed by atoms with Gasteiger partial charge < -0.3 is 0 Å². The third-order valence-electron chi connectivity index (χ3n) is 1.74. The Morgan fingerprint density at radius 1 is 1.45 bits per heavy atom. The van der Waals surface area contributed by atoms with Crippen molar-refractivity contribution in [1.29, 1.82) is 0 Å². The van der Waals surface area contributed by atoms with E-state index in [2.05, 4.69) is 11.5 Å². The van der Waals surface area contributed by atoms with Gasteiger partial charge in [0.25, 0.3) is 0 Å². The molecule has 64 valence electrons. The van der Waals surface area contributed by atoms with E-state index in [1.807, 2.05) is 11.8 Å². The molecule has 3 heteroatoms. The summed E-state index contributed by atoms with van der Waals surface area (Å²) < 4.78 is 0. The van der Waals surface area contributed by atoms with E-state index >= 15 is 0 Å². The largest absolute Gasteiger partial charge is 0.298 e. The van der Waals surface area contributed by atoms with Crippen molar-refractivity contribution in [3.63, 3.8) is 0 Å². The lowest BCUT2D eigenvalue weighted by molar-refractivity contribution is 0.329. The first-order chi connectivity index (χ1) is 5.33. The first kappa shape index (κ1) is 9.43. The molecule has 0 atom stereocenters. The molecular weight excluding hydrogens is 178 g/mol. The molecule has 1 nitrogen and oxygen atoms in total. The van der Waals surface area contributed by atoms with Crippen molar-refractivity contribution in [2.24, 2.45) is 0 Å². The molecular formula is C8H14ClNS. The van der Waals surface area contributed by atoms with Crippen molar-refractivity contribution in [1.82, 2.24) is 4.90 Å². The molecule has 0 bridgehead atoms. The maximum atomic E-state index is 5.64. The zero-order valence-electron chi connectivity index (χ0n) is 6.68. The van der Waals surface area contributed by atoms with Crippen LogP contribution in [0.4, 0.5) is 0 Å². The molecule has 1 saturated heterocycles. The molecule has 1 rings (SSSR count). The van der Waals surface area contributed by atoms with Gasteiger partial charge in [0.05, 0.1) is 0 Å². The second-order valence-corrected chi connectivity index (χ2v) is 4.26. The normalized spacial score (nSPS) is 20.1. The maximum Gasteiger partial charge on any atom is 0.0443 e. The molecule has 0 amide bonds. The predicted molar refractivity (Wildman–Crippen MR) is 53.6 cm³/mol. The Morgan fingerprint density at radius 2 is 2.09 bits per heavy atom. The van der Waals surface area contributed by atoms with Gasteiger partial charge in [-0.1, -0.05) is 6.58 Å². The molecule has 0 aromatic rings. The molecule has 1 aliphatic heterocycles. The Balaban J connectivity index is 2.19. The fraction of sp³-hybridized carbons (Fsp3) is 0.750. The zero-order chi connectivity index (χ0) is 8.10. The van der Waals surface area contributed by atoms with Crippen molar-refractivity contribution in [2.45, 2.75) is 0 Å². The standard InChI is InChI=1S/C8H14ClNS/c1-8(6-9)7-10-2-4-11-5-3-10/h1-7H2. The number of rotatable bonds is 3. The summed E-state index contributed by atoms with van der Waals surface area (Å²) in [5.74, 6) is 3.12. The first-order valence-electron chi connectivity index (χ1n) is 3.85. The third-order valence-corrected chi connectivity index (χ3v) is 3.06. The number of alkyl halides is 1. The van der Waals surface area contributed by atoms with Crippen LogP contribution in [0.3, 0.4) is 0 Å². The van der Waals surface area contributed by atoms with Gasteiger partial charge in [-0.05, 0) is 5.57 Å². The Labute approximate surface area is 77.8 Å². The van der Waals surface area contributed by atoms with Crippen LogP contribution in [0, 0.1) is 0 Å². The first-order valence-corrected chi connectivity index (χ1v) is 5.54. The molecule has 0 aromatic heterocycles. The number of thioether (sulfide) groups is 1. The van der Waals surface area contributed by atoms with Crippen LogP contribution >= 0.6 is 23.4 Å². The summed E-state index contributed by atoms with van der Waals surface area (Å²) in [6, 6.07) is 0. The number of hydrogen-bond donors (Lipinski definition) is 0. The minimum Gasteiger partial charge on any atom is -0.298 e. The summed E-state index contributed by atoms with van der Waals surface area (Å²) >= 11 is 7.67. The Bertz CT molecular complexity index is 132. The molecule has 1 fully saturated rings. The summed E-state index contributed by atoms with van der Waals surface area (Å²) in [5.41, 5.74) is 1.14. The molecule has 0 radical (unpaired) electrons. The van der Waals surface area contributed by atoms with Crippen LogP contribution in [0.25, 0.3) is 0 Å². The average Bonchev–Trinajstić information content (AvgIpc) is 2.06. The lowest BCUT2D eigenvalue weighted by atomic mass is 10.3. The van der Waals surface area contributed by atoms with Crippen molar-refractivity contribution < 1.29 is 0 Å². The number of hydrogen-bond acceptors (Lipinski definition) is 2. The third kappa shape index (κ3) is 3.50. The van der Waals surface area contributed by atoms with E-state index in [1.165, 1.54) is 24.6 Å². The number of halogens is 1. The average molecular weight is 192 g/mol. The highest BCUT2D eigenvalue weighted by Gasteiger charge is 2.09. The summed E-state index contributed by atoms with van der Waals surface area (Å²) in [4.78, 5) is 2.42. The van der Waals surface area contributed by atoms with Gasteiger partial charge in [0.15, 0.2) is 0 Å². The summed E-state index contributed by atoms with van der Waals surface area (Å²) in [6.45, 7) is 7.27. The summed E-state index contributed by atoms with van der Waals surface area (Å²) in [5, 5.41) is 0. The topological polar surface area (TPSA) is 3.24 Å². The van der Waals surface area contributed by atoms with Crippen LogP contribution in [-0.2, 0) is 0 Å². The SMILES string of the molecule is C=C(CCl)CN1CCSCC1. The van der Waals surface area contributed by atoms with E-state index in [1.54, 1.807) is 0 Å². The molecule has 1 heterocycles. The monoisotopic (exact) mass is 191 g/mol. The van der Waals surface area contributed by atoms with Gasteiger partial charge in [-0.15, -0.1) is 11.6 Å². The van der Waals surface area contributed by atoms with E-state index < -0.39 is 0 Å². The fourth-order valence-electron chi connectivity index (χ4n) is 1.12. The van der Waals surface area contributed by atoms with Crippen molar-refractivity contribution >= 4 is 23.4 Å². The van der Waals surface area contributed by atoms with Gasteiger partial charge in [0, 0.05) is 37.0 Å². The van der Waals surface area contributed by atoms with Gasteiger partial charge in [-0.25, -0.2) is 0 Å². The molecule has 0 N–H and O–H groups in total. The molecule has 0 aliphatic carbocycles. The van der Waals surface area contributed by atoms with Gasteiger partial charge in [0.2, 0.25) is 0 Å². The van der Waals surface area contributed by atoms with Crippen molar-refractivity contribution in [2.75, 3.05) is 37.0 Å². The van der Waals surface area contributed by atoms with Gasteiger partial charge in [-0.3, -0.25) is 4.90 Å². The second-order valence-electron chi connectivity index (χ2n) is 2.77. The van der Waals surface area contributed by atoms with E-state index in [4.69, 9.17) is 11.6 Å². The Morgan fingerprint density at radius 3 is 2.64 bits per heavy atom. The van der Waals surface area contributed by atoms with Gasteiger partial charge >= 0.3 is 0 Å². The Kier molecular flexibility index (Phi) is 4.34. The summed E-state index contributed by atoms with van der Waals surface area (Å²) in [7, 11) is 0. The molecule has 0 spiro atoms. The van der Waals surface area contributed by atoms with Crippen LogP contribution < -0.4 is 0 Å². The molecule has 0 unspecified atom stereocenters. The molecule has 1 aliphatic rings. The lowest BCUT2D eigenvalue weighted by Gasteiger charge is -2.26. The van der Waals surface area contributed by atoms with E-state index in [0.717, 1.165) is 12.1 Å². The Hall–Kier alpha value is 0.340. The van der Waals surface area contributed by atoms with Crippen molar-refractivity contribution in [3.05, 3.63) is 12.2 Å². The van der Waals surface area contributed by atoms with Gasteiger partial charge in [-0.2, -0.15) is 11.8 Å². The highest BCUT2D eigenvalue weighted by Crippen LogP contribution is 2.10. The van der Waals surface area contributed by atoms with Crippen LogP contribution in [0.2, 0.25) is 0 Å². The zero-order valence-corrected chi connectivity index (χ0v) is 8.26. The quantitative estimate of drug-likeness (QED) is 0.495. The smallest absolute Gasteiger partial charge is 0.0443 e.